The van der Waals surface area contributed by atoms with Gasteiger partial charge in [0, 0.05) is 34.2 Å². The lowest BCUT2D eigenvalue weighted by molar-refractivity contribution is -0.385. The number of halogens is 2. The number of aryl methyl sites for hydroxylation is 1. The summed E-state index contributed by atoms with van der Waals surface area (Å²) in [6.07, 6.45) is 0.682. The van der Waals surface area contributed by atoms with E-state index in [2.05, 4.69) is 21.2 Å². The molecule has 2 amide bonds. The summed E-state index contributed by atoms with van der Waals surface area (Å²) in [6, 6.07) is 13.9. The maximum atomic E-state index is 14.2. The third-order valence-corrected chi connectivity index (χ3v) is 9.10. The summed E-state index contributed by atoms with van der Waals surface area (Å²) in [7, 11) is -3.28. The van der Waals surface area contributed by atoms with Gasteiger partial charge in [-0.1, -0.05) is 52.7 Å². The highest BCUT2D eigenvalue weighted by Gasteiger charge is 2.35. The summed E-state index contributed by atoms with van der Waals surface area (Å²) in [4.78, 5) is 38.9. The van der Waals surface area contributed by atoms with Crippen LogP contribution in [0.1, 0.15) is 31.4 Å². The minimum absolute atomic E-state index is 0.00441. The molecule has 0 saturated heterocycles. The SMILES string of the molecule is CCCNC(=O)[C@@H](C)N(Cc1cccc(Br)c1)C(=O)CN(c1cc(Cl)ccc1OC)S(=O)(=O)c1ccc(C)c([N+](=O)[O-])c1. The topological polar surface area (TPSA) is 139 Å². The average Bonchev–Trinajstić information content (AvgIpc) is 2.96. The van der Waals surface area contributed by atoms with Gasteiger partial charge in [-0.25, -0.2) is 8.42 Å². The molecule has 11 nitrogen and oxygen atoms in total. The molecule has 0 heterocycles. The van der Waals surface area contributed by atoms with Gasteiger partial charge in [-0.05, 0) is 62.2 Å². The van der Waals surface area contributed by atoms with Crippen molar-refractivity contribution in [2.24, 2.45) is 0 Å². The van der Waals surface area contributed by atoms with E-state index in [1.807, 2.05) is 13.0 Å². The number of carbonyl (C=O) groups is 2. The van der Waals surface area contributed by atoms with Crippen molar-refractivity contribution in [1.29, 1.82) is 0 Å². The molecule has 0 unspecified atom stereocenters. The first-order chi connectivity index (χ1) is 20.3. The molecule has 0 aliphatic rings. The van der Waals surface area contributed by atoms with Crippen LogP contribution in [-0.4, -0.2) is 56.3 Å². The zero-order chi connectivity index (χ0) is 31.9. The van der Waals surface area contributed by atoms with Crippen molar-refractivity contribution in [2.45, 2.75) is 44.7 Å². The Labute approximate surface area is 264 Å². The third kappa shape index (κ3) is 8.24. The van der Waals surface area contributed by atoms with Crippen LogP contribution in [0.5, 0.6) is 5.75 Å². The van der Waals surface area contributed by atoms with Crippen LogP contribution in [0.2, 0.25) is 5.02 Å². The number of benzene rings is 3. The zero-order valence-corrected chi connectivity index (χ0v) is 27.2. The number of nitrogens with one attached hydrogen (secondary N) is 1. The predicted molar refractivity (Wildman–Crippen MR) is 168 cm³/mol. The van der Waals surface area contributed by atoms with Gasteiger partial charge in [0.15, 0.2) is 0 Å². The number of ether oxygens (including phenoxy) is 1. The van der Waals surface area contributed by atoms with Crippen molar-refractivity contribution in [3.8, 4) is 5.75 Å². The number of sulfonamides is 1. The number of nitrogens with zero attached hydrogens (tertiary/aromatic N) is 3. The van der Waals surface area contributed by atoms with Gasteiger partial charge in [-0.15, -0.1) is 0 Å². The van der Waals surface area contributed by atoms with E-state index < -0.39 is 49.9 Å². The second kappa shape index (κ2) is 14.7. The second-order valence-electron chi connectivity index (χ2n) is 9.65. The highest BCUT2D eigenvalue weighted by atomic mass is 79.9. The van der Waals surface area contributed by atoms with Gasteiger partial charge in [0.2, 0.25) is 11.8 Å². The van der Waals surface area contributed by atoms with E-state index in [1.54, 1.807) is 25.1 Å². The van der Waals surface area contributed by atoms with E-state index >= 15 is 0 Å². The molecule has 3 rings (SSSR count). The maximum absolute atomic E-state index is 14.2. The molecule has 0 radical (unpaired) electrons. The van der Waals surface area contributed by atoms with E-state index in [-0.39, 0.29) is 28.6 Å². The Balaban J connectivity index is 2.15. The first-order valence-corrected chi connectivity index (χ1v) is 15.8. The van der Waals surface area contributed by atoms with Crippen LogP contribution in [0.15, 0.2) is 70.0 Å². The summed E-state index contributed by atoms with van der Waals surface area (Å²) in [6.45, 7) is 4.57. The number of nitro groups is 1. The van der Waals surface area contributed by atoms with Crippen molar-refractivity contribution in [3.63, 3.8) is 0 Å². The number of methoxy groups -OCH3 is 1. The standard InChI is InChI=1S/C29H32BrClN4O7S/c1-5-13-32-29(37)20(3)33(17-21-7-6-8-22(30)14-21)28(36)18-34(26-15-23(31)10-12-27(26)42-4)43(40,41)24-11-9-19(2)25(16-24)35(38)39/h6-12,14-16,20H,5,13,17-18H2,1-4H3,(H,32,37)/t20-/m1/s1. The lowest BCUT2D eigenvalue weighted by atomic mass is 10.1. The largest absolute Gasteiger partial charge is 0.495 e. The van der Waals surface area contributed by atoms with E-state index in [0.29, 0.717) is 18.5 Å². The molecule has 0 aliphatic heterocycles. The fourth-order valence-corrected chi connectivity index (χ4v) is 6.31. The number of amides is 2. The van der Waals surface area contributed by atoms with Gasteiger partial charge < -0.3 is 15.0 Å². The molecular weight excluding hydrogens is 664 g/mol. The number of hydrogen-bond donors (Lipinski definition) is 1. The summed E-state index contributed by atoms with van der Waals surface area (Å²) in [5, 5.41) is 14.6. The van der Waals surface area contributed by atoms with Crippen LogP contribution < -0.4 is 14.4 Å². The minimum atomic E-state index is -4.61. The summed E-state index contributed by atoms with van der Waals surface area (Å²) in [5.41, 5.74) is 0.501. The van der Waals surface area contributed by atoms with Crippen molar-refractivity contribution in [2.75, 3.05) is 24.5 Å². The molecule has 0 aromatic heterocycles. The second-order valence-corrected chi connectivity index (χ2v) is 12.9. The molecule has 230 valence electrons. The Hall–Kier alpha value is -3.68. The molecule has 0 spiro atoms. The van der Waals surface area contributed by atoms with E-state index in [1.165, 1.54) is 49.3 Å². The number of nitro benzene ring substituents is 1. The third-order valence-electron chi connectivity index (χ3n) is 6.61. The minimum Gasteiger partial charge on any atom is -0.495 e. The fourth-order valence-electron chi connectivity index (χ4n) is 4.26. The van der Waals surface area contributed by atoms with E-state index in [4.69, 9.17) is 16.3 Å². The van der Waals surface area contributed by atoms with Crippen LogP contribution in [0.3, 0.4) is 0 Å². The molecule has 43 heavy (non-hydrogen) atoms. The van der Waals surface area contributed by atoms with Crippen LogP contribution in [0.4, 0.5) is 11.4 Å². The van der Waals surface area contributed by atoms with Gasteiger partial charge in [0.25, 0.3) is 15.7 Å². The molecule has 1 atom stereocenters. The molecule has 3 aromatic rings. The quantitative estimate of drug-likeness (QED) is 0.185. The highest BCUT2D eigenvalue weighted by Crippen LogP contribution is 2.36. The lowest BCUT2D eigenvalue weighted by Gasteiger charge is -2.32. The number of rotatable bonds is 13. The van der Waals surface area contributed by atoms with E-state index in [9.17, 15) is 28.1 Å². The highest BCUT2D eigenvalue weighted by molar-refractivity contribution is 9.10. The van der Waals surface area contributed by atoms with Crippen molar-refractivity contribution < 1.29 is 27.7 Å². The van der Waals surface area contributed by atoms with Gasteiger partial charge in [-0.2, -0.15) is 0 Å². The van der Waals surface area contributed by atoms with Gasteiger partial charge in [0.05, 0.1) is 22.6 Å². The summed E-state index contributed by atoms with van der Waals surface area (Å²) >= 11 is 9.66. The van der Waals surface area contributed by atoms with Crippen LogP contribution >= 0.6 is 27.5 Å². The number of hydrogen-bond acceptors (Lipinski definition) is 7. The average molecular weight is 696 g/mol. The number of anilines is 1. The Morgan fingerprint density at radius 2 is 1.86 bits per heavy atom. The maximum Gasteiger partial charge on any atom is 0.273 e. The lowest BCUT2D eigenvalue weighted by Crippen LogP contribution is -2.51. The van der Waals surface area contributed by atoms with Gasteiger partial charge in [-0.3, -0.25) is 24.0 Å². The normalized spacial score (nSPS) is 11.9. The first kappa shape index (κ1) is 33.8. The molecule has 0 saturated carbocycles. The van der Waals surface area contributed by atoms with Crippen LogP contribution in [0.25, 0.3) is 0 Å². The van der Waals surface area contributed by atoms with Gasteiger partial charge >= 0.3 is 0 Å². The van der Waals surface area contributed by atoms with E-state index in [0.717, 1.165) is 14.8 Å². The number of carbonyl (C=O) groups excluding carboxylic acids is 2. The monoisotopic (exact) mass is 694 g/mol. The Bertz CT molecular complexity index is 1620. The molecule has 3 aromatic carbocycles. The summed E-state index contributed by atoms with van der Waals surface area (Å²) < 4.78 is 35.3. The molecule has 0 aliphatic carbocycles. The Kier molecular flexibility index (Phi) is 11.5. The fraction of sp³-hybridized carbons (Fsp3) is 0.310. The van der Waals surface area contributed by atoms with Gasteiger partial charge in [0.1, 0.15) is 18.3 Å². The van der Waals surface area contributed by atoms with Crippen LogP contribution in [0, 0.1) is 17.0 Å². The Morgan fingerprint density at radius 1 is 1.14 bits per heavy atom. The predicted octanol–water partition coefficient (Wildman–Crippen LogP) is 5.47. The molecule has 14 heteroatoms. The molecule has 0 fully saturated rings. The Morgan fingerprint density at radius 3 is 2.49 bits per heavy atom. The zero-order valence-electron chi connectivity index (χ0n) is 24.0. The van der Waals surface area contributed by atoms with Crippen molar-refractivity contribution >= 4 is 60.7 Å². The van der Waals surface area contributed by atoms with Crippen molar-refractivity contribution in [3.05, 3.63) is 91.4 Å². The first-order valence-electron chi connectivity index (χ1n) is 13.2. The van der Waals surface area contributed by atoms with Crippen LogP contribution in [-0.2, 0) is 26.2 Å². The summed E-state index contributed by atoms with van der Waals surface area (Å²) in [5.74, 6) is -1.02. The molecule has 0 bridgehead atoms. The molecular formula is C29H32BrClN4O7S. The van der Waals surface area contributed by atoms with Crippen molar-refractivity contribution in [1.82, 2.24) is 10.2 Å². The smallest absolute Gasteiger partial charge is 0.273 e. The molecule has 1 N–H and O–H groups in total.